The number of likely N-dealkylation sites (N-methyl/N-ethyl adjacent to an activating group) is 1. The predicted octanol–water partition coefficient (Wildman–Crippen LogP) is 3.23. The van der Waals surface area contributed by atoms with Crippen LogP contribution < -0.4 is 0 Å². The van der Waals surface area contributed by atoms with Crippen molar-refractivity contribution in [1.29, 1.82) is 0 Å². The zero-order valence-corrected chi connectivity index (χ0v) is 18.7. The van der Waals surface area contributed by atoms with Gasteiger partial charge in [-0.25, -0.2) is 8.42 Å². The molecule has 1 aliphatic rings. The van der Waals surface area contributed by atoms with E-state index in [1.54, 1.807) is 11.9 Å². The van der Waals surface area contributed by atoms with Crippen molar-refractivity contribution in [3.63, 3.8) is 0 Å². The van der Waals surface area contributed by atoms with E-state index >= 15 is 0 Å². The Morgan fingerprint density at radius 2 is 1.66 bits per heavy atom. The fourth-order valence-corrected chi connectivity index (χ4v) is 5.05. The first kappa shape index (κ1) is 24.2. The minimum Gasteiger partial charge on any atom is -0.338 e. The maximum Gasteiger partial charge on any atom is 0.416 e. The predicted molar refractivity (Wildman–Crippen MR) is 114 cm³/mol. The van der Waals surface area contributed by atoms with Gasteiger partial charge in [0.1, 0.15) is 0 Å². The molecule has 0 spiro atoms. The van der Waals surface area contributed by atoms with Gasteiger partial charge in [0.2, 0.25) is 15.9 Å². The van der Waals surface area contributed by atoms with Crippen molar-refractivity contribution in [1.82, 2.24) is 14.1 Å². The van der Waals surface area contributed by atoms with Crippen molar-refractivity contribution in [2.75, 3.05) is 39.8 Å². The summed E-state index contributed by atoms with van der Waals surface area (Å²) < 4.78 is 65.6. The fourth-order valence-electron chi connectivity index (χ4n) is 3.58. The number of rotatable bonds is 6. The van der Waals surface area contributed by atoms with E-state index in [4.69, 9.17) is 0 Å². The van der Waals surface area contributed by atoms with Gasteiger partial charge >= 0.3 is 6.18 Å². The molecule has 32 heavy (non-hydrogen) atoms. The molecule has 1 fully saturated rings. The Hall–Kier alpha value is -2.43. The second kappa shape index (κ2) is 9.60. The van der Waals surface area contributed by atoms with Crippen LogP contribution in [0.15, 0.2) is 59.5 Å². The summed E-state index contributed by atoms with van der Waals surface area (Å²) in [5.41, 5.74) is 0.0127. The van der Waals surface area contributed by atoms with Crippen molar-refractivity contribution in [3.05, 3.63) is 65.7 Å². The van der Waals surface area contributed by atoms with Crippen LogP contribution in [0.25, 0.3) is 0 Å². The van der Waals surface area contributed by atoms with Crippen molar-refractivity contribution in [2.45, 2.75) is 24.0 Å². The van der Waals surface area contributed by atoms with Crippen LogP contribution in [0.2, 0.25) is 0 Å². The standard InChI is InChI=1S/C22H26F3N3O3S/c1-17(18-7-4-3-5-8-18)26(2)21(29)16-27-11-13-28(14-12-27)32(30,31)20-10-6-9-19(15-20)22(23,24)25/h3-10,15,17H,11-14,16H2,1-2H3. The zero-order chi connectivity index (χ0) is 23.5. The number of carbonyl (C=O) groups is 1. The summed E-state index contributed by atoms with van der Waals surface area (Å²) in [6.07, 6.45) is -4.62. The Morgan fingerprint density at radius 1 is 1.03 bits per heavy atom. The molecule has 1 saturated heterocycles. The van der Waals surface area contributed by atoms with Gasteiger partial charge in [0.15, 0.2) is 0 Å². The van der Waals surface area contributed by atoms with Crippen molar-refractivity contribution in [2.24, 2.45) is 0 Å². The molecule has 0 saturated carbocycles. The van der Waals surface area contributed by atoms with E-state index in [1.807, 2.05) is 42.2 Å². The second-order valence-corrected chi connectivity index (χ2v) is 9.74. The molecule has 174 valence electrons. The Labute approximate surface area is 186 Å². The van der Waals surface area contributed by atoms with Gasteiger partial charge in [-0.3, -0.25) is 9.69 Å². The van der Waals surface area contributed by atoms with E-state index in [0.29, 0.717) is 19.2 Å². The summed E-state index contributed by atoms with van der Waals surface area (Å²) in [7, 11) is -2.32. The second-order valence-electron chi connectivity index (χ2n) is 7.80. The van der Waals surface area contributed by atoms with E-state index < -0.39 is 21.8 Å². The number of hydrogen-bond acceptors (Lipinski definition) is 4. The number of halogens is 3. The third-order valence-electron chi connectivity index (χ3n) is 5.75. The normalized spacial score (nSPS) is 17.2. The third kappa shape index (κ3) is 5.48. The molecular formula is C22H26F3N3O3S. The maximum atomic E-state index is 13.0. The molecule has 1 aliphatic heterocycles. The minimum absolute atomic E-state index is 0.0875. The highest BCUT2D eigenvalue weighted by Crippen LogP contribution is 2.31. The molecule has 0 aliphatic carbocycles. The smallest absolute Gasteiger partial charge is 0.338 e. The molecule has 3 rings (SSSR count). The quantitative estimate of drug-likeness (QED) is 0.652. The van der Waals surface area contributed by atoms with Gasteiger partial charge in [-0.1, -0.05) is 36.4 Å². The number of nitrogens with zero attached hydrogens (tertiary/aromatic N) is 3. The Kier molecular flexibility index (Phi) is 7.26. The number of benzene rings is 2. The highest BCUT2D eigenvalue weighted by Gasteiger charge is 2.34. The molecule has 10 heteroatoms. The molecular weight excluding hydrogens is 443 g/mol. The number of piperazine rings is 1. The monoisotopic (exact) mass is 469 g/mol. The molecule has 1 amide bonds. The number of sulfonamides is 1. The van der Waals surface area contributed by atoms with Crippen LogP contribution in [-0.4, -0.2) is 68.2 Å². The van der Waals surface area contributed by atoms with Gasteiger partial charge in [0.25, 0.3) is 0 Å². The Morgan fingerprint density at radius 3 is 2.25 bits per heavy atom. The maximum absolute atomic E-state index is 13.0. The highest BCUT2D eigenvalue weighted by molar-refractivity contribution is 7.89. The van der Waals surface area contributed by atoms with Crippen molar-refractivity contribution >= 4 is 15.9 Å². The van der Waals surface area contributed by atoms with Gasteiger partial charge in [-0.15, -0.1) is 0 Å². The molecule has 1 heterocycles. The Balaban J connectivity index is 1.59. The lowest BCUT2D eigenvalue weighted by Crippen LogP contribution is -2.51. The van der Waals surface area contributed by atoms with E-state index in [2.05, 4.69) is 0 Å². The molecule has 2 aromatic rings. The average Bonchev–Trinajstić information content (AvgIpc) is 2.78. The summed E-state index contributed by atoms with van der Waals surface area (Å²) in [5, 5.41) is 0. The molecule has 2 aromatic carbocycles. The summed E-state index contributed by atoms with van der Waals surface area (Å²) in [5.74, 6) is -0.0875. The molecule has 0 N–H and O–H groups in total. The lowest BCUT2D eigenvalue weighted by Gasteiger charge is -2.35. The van der Waals surface area contributed by atoms with Crippen molar-refractivity contribution in [3.8, 4) is 0 Å². The van der Waals surface area contributed by atoms with E-state index in [-0.39, 0.29) is 36.5 Å². The lowest BCUT2D eigenvalue weighted by atomic mass is 10.1. The topological polar surface area (TPSA) is 60.9 Å². The number of alkyl halides is 3. The lowest BCUT2D eigenvalue weighted by molar-refractivity contribution is -0.137. The Bertz CT molecular complexity index is 1040. The van der Waals surface area contributed by atoms with E-state index in [1.165, 1.54) is 10.4 Å². The largest absolute Gasteiger partial charge is 0.416 e. The number of hydrogen-bond donors (Lipinski definition) is 0. The summed E-state index contributed by atoms with van der Waals surface area (Å²) in [6.45, 7) is 2.92. The molecule has 0 radical (unpaired) electrons. The van der Waals surface area contributed by atoms with Gasteiger partial charge < -0.3 is 4.90 Å². The van der Waals surface area contributed by atoms with Gasteiger partial charge in [-0.2, -0.15) is 17.5 Å². The van der Waals surface area contributed by atoms with E-state index in [9.17, 15) is 26.4 Å². The summed E-state index contributed by atoms with van der Waals surface area (Å²) in [4.78, 5) is 15.8. The molecule has 1 atom stereocenters. The highest BCUT2D eigenvalue weighted by atomic mass is 32.2. The first-order valence-corrected chi connectivity index (χ1v) is 11.6. The van der Waals surface area contributed by atoms with E-state index in [0.717, 1.165) is 17.7 Å². The van der Waals surface area contributed by atoms with Crippen molar-refractivity contribution < 1.29 is 26.4 Å². The number of amides is 1. The van der Waals surface area contributed by atoms with Gasteiger partial charge in [0.05, 0.1) is 23.0 Å². The minimum atomic E-state index is -4.62. The zero-order valence-electron chi connectivity index (χ0n) is 17.9. The number of carbonyl (C=O) groups excluding carboxylic acids is 1. The van der Waals surface area contributed by atoms with Crippen LogP contribution in [0.1, 0.15) is 24.1 Å². The fraction of sp³-hybridized carbons (Fsp3) is 0.409. The third-order valence-corrected chi connectivity index (χ3v) is 7.64. The van der Waals surface area contributed by atoms with Gasteiger partial charge in [-0.05, 0) is 30.7 Å². The molecule has 1 unspecified atom stereocenters. The SMILES string of the molecule is CC(c1ccccc1)N(C)C(=O)CN1CCN(S(=O)(=O)c2cccc(C(F)(F)F)c2)CC1. The van der Waals surface area contributed by atoms with Crippen LogP contribution in [0.3, 0.4) is 0 Å². The van der Waals surface area contributed by atoms with Crippen LogP contribution in [-0.2, 0) is 21.0 Å². The first-order chi connectivity index (χ1) is 15.0. The van der Waals surface area contributed by atoms with Crippen LogP contribution in [0.5, 0.6) is 0 Å². The molecule has 0 aromatic heterocycles. The molecule has 0 bridgehead atoms. The van der Waals surface area contributed by atoms with Gasteiger partial charge in [0, 0.05) is 33.2 Å². The molecule has 6 nitrogen and oxygen atoms in total. The summed E-state index contributed by atoms with van der Waals surface area (Å²) in [6, 6.07) is 13.3. The average molecular weight is 470 g/mol. The summed E-state index contributed by atoms with van der Waals surface area (Å²) >= 11 is 0. The first-order valence-electron chi connectivity index (χ1n) is 10.2. The van der Waals surface area contributed by atoms with Crippen LogP contribution in [0, 0.1) is 0 Å². The van der Waals surface area contributed by atoms with Crippen LogP contribution in [0.4, 0.5) is 13.2 Å². The van der Waals surface area contributed by atoms with Crippen LogP contribution >= 0.6 is 0 Å².